The van der Waals surface area contributed by atoms with Gasteiger partial charge in [-0.3, -0.25) is 4.98 Å². The summed E-state index contributed by atoms with van der Waals surface area (Å²) in [5.74, 6) is -0.00130. The second kappa shape index (κ2) is 5.85. The van der Waals surface area contributed by atoms with Gasteiger partial charge >= 0.3 is 0 Å². The molecule has 98 valence electrons. The van der Waals surface area contributed by atoms with Crippen LogP contribution in [-0.2, 0) is 0 Å². The smallest absolute Gasteiger partial charge is 0.151 e. The van der Waals surface area contributed by atoms with Crippen molar-refractivity contribution in [1.82, 2.24) is 9.97 Å². The van der Waals surface area contributed by atoms with Crippen LogP contribution in [-0.4, -0.2) is 9.97 Å². The van der Waals surface area contributed by atoms with E-state index in [1.54, 1.807) is 12.4 Å². The summed E-state index contributed by atoms with van der Waals surface area (Å²) < 4.78 is 0. The minimum absolute atomic E-state index is 0.00130. The Hall–Kier alpha value is -2.19. The Morgan fingerprint density at radius 3 is 1.70 bits per heavy atom. The number of benzene rings is 2. The molecule has 0 radical (unpaired) electrons. The molecule has 0 amide bonds. The maximum Gasteiger partial charge on any atom is 0.151 e. The Morgan fingerprint density at radius 2 is 1.20 bits per heavy atom. The molecule has 0 atom stereocenters. The average Bonchev–Trinajstić information content (AvgIpc) is 2.52. The number of aromatic nitrogens is 2. The average molecular weight is 281 g/mol. The molecule has 0 saturated heterocycles. The molecule has 1 aromatic heterocycles. The maximum atomic E-state index is 6.25. The molecular weight excluding hydrogens is 268 g/mol. The Labute approximate surface area is 123 Å². The van der Waals surface area contributed by atoms with Crippen molar-refractivity contribution in [3.05, 3.63) is 95.0 Å². The van der Waals surface area contributed by atoms with Crippen molar-refractivity contribution in [2.45, 2.75) is 5.92 Å². The van der Waals surface area contributed by atoms with Gasteiger partial charge in [0.05, 0.1) is 11.6 Å². The Balaban J connectivity index is 2.17. The van der Waals surface area contributed by atoms with Crippen molar-refractivity contribution in [2.75, 3.05) is 0 Å². The summed E-state index contributed by atoms with van der Waals surface area (Å²) in [6, 6.07) is 20.4. The minimum atomic E-state index is -0.00130. The molecule has 1 heterocycles. The van der Waals surface area contributed by atoms with Gasteiger partial charge in [0.25, 0.3) is 0 Å². The van der Waals surface area contributed by atoms with E-state index in [-0.39, 0.29) is 5.92 Å². The van der Waals surface area contributed by atoms with Gasteiger partial charge in [-0.25, -0.2) is 4.98 Å². The first-order chi connectivity index (χ1) is 9.86. The molecule has 2 nitrogen and oxygen atoms in total. The van der Waals surface area contributed by atoms with E-state index in [2.05, 4.69) is 34.2 Å². The zero-order valence-corrected chi connectivity index (χ0v) is 11.5. The van der Waals surface area contributed by atoms with Crippen LogP contribution in [0.3, 0.4) is 0 Å². The number of halogens is 1. The van der Waals surface area contributed by atoms with Crippen molar-refractivity contribution in [1.29, 1.82) is 0 Å². The molecule has 20 heavy (non-hydrogen) atoms. The first kappa shape index (κ1) is 12.8. The van der Waals surface area contributed by atoms with Crippen molar-refractivity contribution < 1.29 is 0 Å². The van der Waals surface area contributed by atoms with Crippen LogP contribution in [0.1, 0.15) is 22.7 Å². The zero-order valence-electron chi connectivity index (χ0n) is 10.8. The third-order valence-corrected chi connectivity index (χ3v) is 3.51. The van der Waals surface area contributed by atoms with Crippen molar-refractivity contribution in [3.63, 3.8) is 0 Å². The van der Waals surface area contributed by atoms with E-state index in [1.165, 1.54) is 0 Å². The van der Waals surface area contributed by atoms with Crippen molar-refractivity contribution in [2.24, 2.45) is 0 Å². The summed E-state index contributed by atoms with van der Waals surface area (Å²) in [5.41, 5.74) is 3.09. The molecule has 0 spiro atoms. The Morgan fingerprint density at radius 1 is 0.700 bits per heavy atom. The third kappa shape index (κ3) is 2.56. The largest absolute Gasteiger partial charge is 0.255 e. The van der Waals surface area contributed by atoms with Gasteiger partial charge in [0.15, 0.2) is 5.15 Å². The van der Waals surface area contributed by atoms with Gasteiger partial charge in [0.2, 0.25) is 0 Å². The van der Waals surface area contributed by atoms with Crippen molar-refractivity contribution in [3.8, 4) is 0 Å². The van der Waals surface area contributed by atoms with Gasteiger partial charge in [0, 0.05) is 12.4 Å². The summed E-state index contributed by atoms with van der Waals surface area (Å²) in [7, 11) is 0. The predicted octanol–water partition coefficient (Wildman–Crippen LogP) is 4.31. The summed E-state index contributed by atoms with van der Waals surface area (Å²) in [6.45, 7) is 0. The summed E-state index contributed by atoms with van der Waals surface area (Å²) >= 11 is 6.25. The fourth-order valence-corrected chi connectivity index (χ4v) is 2.54. The van der Waals surface area contributed by atoms with Gasteiger partial charge in [-0.15, -0.1) is 0 Å². The molecule has 3 rings (SSSR count). The highest BCUT2D eigenvalue weighted by atomic mass is 35.5. The highest BCUT2D eigenvalue weighted by Crippen LogP contribution is 2.33. The van der Waals surface area contributed by atoms with E-state index >= 15 is 0 Å². The van der Waals surface area contributed by atoms with E-state index in [0.29, 0.717) is 5.15 Å². The topological polar surface area (TPSA) is 25.8 Å². The summed E-state index contributed by atoms with van der Waals surface area (Å²) in [5, 5.41) is 0.449. The molecule has 0 aliphatic carbocycles. The number of hydrogen-bond donors (Lipinski definition) is 0. The SMILES string of the molecule is Clc1nccnc1C(c1ccccc1)c1ccccc1. The van der Waals surface area contributed by atoms with Crippen LogP contribution in [0.2, 0.25) is 5.15 Å². The molecule has 0 N–H and O–H groups in total. The third-order valence-electron chi connectivity index (χ3n) is 3.22. The summed E-state index contributed by atoms with van der Waals surface area (Å²) in [6.07, 6.45) is 3.29. The minimum Gasteiger partial charge on any atom is -0.255 e. The molecule has 0 aliphatic rings. The zero-order chi connectivity index (χ0) is 13.8. The van der Waals surface area contributed by atoms with E-state index < -0.39 is 0 Å². The Kier molecular flexibility index (Phi) is 3.75. The van der Waals surface area contributed by atoms with Crippen LogP contribution < -0.4 is 0 Å². The second-order valence-corrected chi connectivity index (χ2v) is 4.84. The van der Waals surface area contributed by atoms with Gasteiger partial charge in [0.1, 0.15) is 0 Å². The lowest BCUT2D eigenvalue weighted by Crippen LogP contribution is -2.06. The lowest BCUT2D eigenvalue weighted by atomic mass is 9.89. The van der Waals surface area contributed by atoms with Crippen LogP contribution in [0.15, 0.2) is 73.1 Å². The second-order valence-electron chi connectivity index (χ2n) is 4.49. The normalized spacial score (nSPS) is 10.7. The van der Waals surface area contributed by atoms with Gasteiger partial charge in [-0.1, -0.05) is 72.3 Å². The van der Waals surface area contributed by atoms with E-state index in [0.717, 1.165) is 16.8 Å². The maximum absolute atomic E-state index is 6.25. The summed E-state index contributed by atoms with van der Waals surface area (Å²) in [4.78, 5) is 8.59. The lowest BCUT2D eigenvalue weighted by molar-refractivity contribution is 0.901. The number of rotatable bonds is 3. The first-order valence-electron chi connectivity index (χ1n) is 6.42. The van der Waals surface area contributed by atoms with Crippen LogP contribution in [0, 0.1) is 0 Å². The predicted molar refractivity (Wildman–Crippen MR) is 80.9 cm³/mol. The molecule has 0 aliphatic heterocycles. The highest BCUT2D eigenvalue weighted by molar-refractivity contribution is 6.30. The van der Waals surface area contributed by atoms with Gasteiger partial charge < -0.3 is 0 Å². The quantitative estimate of drug-likeness (QED) is 0.714. The molecule has 0 fully saturated rings. The molecule has 2 aromatic carbocycles. The molecular formula is C17H13ClN2. The molecule has 0 unspecified atom stereocenters. The number of hydrogen-bond acceptors (Lipinski definition) is 2. The van der Waals surface area contributed by atoms with Crippen LogP contribution >= 0.6 is 11.6 Å². The van der Waals surface area contributed by atoms with Crippen LogP contribution in [0.4, 0.5) is 0 Å². The van der Waals surface area contributed by atoms with Gasteiger partial charge in [-0.2, -0.15) is 0 Å². The molecule has 3 aromatic rings. The fourth-order valence-electron chi connectivity index (χ4n) is 2.32. The Bertz CT molecular complexity index is 644. The van der Waals surface area contributed by atoms with Crippen molar-refractivity contribution >= 4 is 11.6 Å². The molecule has 0 saturated carbocycles. The molecule has 0 bridgehead atoms. The van der Waals surface area contributed by atoms with E-state index in [9.17, 15) is 0 Å². The lowest BCUT2D eigenvalue weighted by Gasteiger charge is -2.18. The van der Waals surface area contributed by atoms with E-state index in [4.69, 9.17) is 11.6 Å². The highest BCUT2D eigenvalue weighted by Gasteiger charge is 2.20. The molecule has 3 heteroatoms. The fraction of sp³-hybridized carbons (Fsp3) is 0.0588. The van der Waals surface area contributed by atoms with Gasteiger partial charge in [-0.05, 0) is 11.1 Å². The standard InChI is InChI=1S/C17H13ClN2/c18-17-16(19-11-12-20-17)15(13-7-3-1-4-8-13)14-9-5-2-6-10-14/h1-12,15H. The number of nitrogens with zero attached hydrogens (tertiary/aromatic N) is 2. The van der Waals surface area contributed by atoms with Crippen LogP contribution in [0.5, 0.6) is 0 Å². The van der Waals surface area contributed by atoms with Crippen LogP contribution in [0.25, 0.3) is 0 Å². The first-order valence-corrected chi connectivity index (χ1v) is 6.80. The van der Waals surface area contributed by atoms with E-state index in [1.807, 2.05) is 36.4 Å². The monoisotopic (exact) mass is 280 g/mol.